The second-order valence-corrected chi connectivity index (χ2v) is 6.08. The normalized spacial score (nSPS) is 11.9. The Hall–Kier alpha value is -2.05. The van der Waals surface area contributed by atoms with Crippen LogP contribution in [0.15, 0.2) is 16.7 Å². The van der Waals surface area contributed by atoms with Crippen LogP contribution in [-0.2, 0) is 9.53 Å². The number of aromatic nitrogens is 1. The lowest BCUT2D eigenvalue weighted by Crippen LogP contribution is -2.30. The van der Waals surface area contributed by atoms with Crippen molar-refractivity contribution < 1.29 is 18.7 Å². The van der Waals surface area contributed by atoms with E-state index >= 15 is 0 Å². The van der Waals surface area contributed by atoms with Crippen molar-refractivity contribution in [1.29, 1.82) is 0 Å². The van der Waals surface area contributed by atoms with E-state index in [1.54, 1.807) is 20.8 Å². The fourth-order valence-corrected chi connectivity index (χ4v) is 2.52. The predicted molar refractivity (Wildman–Crippen MR) is 90.7 cm³/mol. The number of hydrogen-bond acceptors (Lipinski definition) is 5. The number of esters is 1. The van der Waals surface area contributed by atoms with Gasteiger partial charge in [0.1, 0.15) is 17.1 Å². The highest BCUT2D eigenvalue weighted by Gasteiger charge is 2.25. The van der Waals surface area contributed by atoms with Crippen LogP contribution in [0.4, 0.5) is 5.82 Å². The number of pyridine rings is 1. The summed E-state index contributed by atoms with van der Waals surface area (Å²) in [6.45, 7) is 6.63. The Bertz CT molecular complexity index is 802. The monoisotopic (exact) mass is 370 g/mol. The summed E-state index contributed by atoms with van der Waals surface area (Å²) in [5.74, 6) is 0.0365. The Morgan fingerprint density at radius 3 is 2.46 bits per heavy atom. The molecular weight excluding hydrogens is 355 g/mol. The van der Waals surface area contributed by atoms with Gasteiger partial charge in [0.25, 0.3) is 5.91 Å². The van der Waals surface area contributed by atoms with Crippen LogP contribution in [0.1, 0.15) is 34.4 Å². The zero-order valence-electron chi connectivity index (χ0n) is 13.6. The molecule has 0 aliphatic heterocycles. The van der Waals surface area contributed by atoms with Crippen molar-refractivity contribution in [2.75, 3.05) is 5.32 Å². The first kappa shape index (κ1) is 18.3. The molecule has 2 heterocycles. The number of halogens is 2. The summed E-state index contributed by atoms with van der Waals surface area (Å²) in [6.07, 6.45) is 0.306. The molecule has 8 heteroatoms. The first-order valence-electron chi connectivity index (χ1n) is 7.10. The van der Waals surface area contributed by atoms with Crippen LogP contribution in [0.3, 0.4) is 0 Å². The van der Waals surface area contributed by atoms with Gasteiger partial charge < -0.3 is 14.5 Å². The zero-order chi connectivity index (χ0) is 18.0. The molecule has 1 atom stereocenters. The summed E-state index contributed by atoms with van der Waals surface area (Å²) in [6, 6.07) is 1.45. The second kappa shape index (κ2) is 7.23. The largest absolute Gasteiger partial charge is 0.465 e. The van der Waals surface area contributed by atoms with E-state index in [9.17, 15) is 9.59 Å². The van der Waals surface area contributed by atoms with Gasteiger partial charge >= 0.3 is 5.97 Å². The quantitative estimate of drug-likeness (QED) is 0.819. The number of nitrogens with one attached hydrogen (secondary N) is 1. The zero-order valence-corrected chi connectivity index (χ0v) is 15.1. The highest BCUT2D eigenvalue weighted by molar-refractivity contribution is 6.36. The summed E-state index contributed by atoms with van der Waals surface area (Å²) < 4.78 is 10.6. The maximum absolute atomic E-state index is 12.3. The van der Waals surface area contributed by atoms with Crippen molar-refractivity contribution in [3.63, 3.8) is 0 Å². The molecule has 2 aromatic rings. The van der Waals surface area contributed by atoms with Crippen molar-refractivity contribution in [3.8, 4) is 0 Å². The van der Waals surface area contributed by atoms with Gasteiger partial charge in [0.05, 0.1) is 10.0 Å². The van der Waals surface area contributed by atoms with Gasteiger partial charge in [0, 0.05) is 11.8 Å². The van der Waals surface area contributed by atoms with Crippen LogP contribution >= 0.6 is 23.2 Å². The average Bonchev–Trinajstić information content (AvgIpc) is 2.74. The van der Waals surface area contributed by atoms with E-state index in [0.29, 0.717) is 27.7 Å². The summed E-state index contributed by atoms with van der Waals surface area (Å²) in [5, 5.41) is 3.02. The first-order valence-corrected chi connectivity index (χ1v) is 7.85. The van der Waals surface area contributed by atoms with Gasteiger partial charge in [-0.05, 0) is 33.8 Å². The van der Waals surface area contributed by atoms with Crippen molar-refractivity contribution in [2.45, 2.75) is 33.8 Å². The van der Waals surface area contributed by atoms with E-state index in [1.165, 1.54) is 19.2 Å². The van der Waals surface area contributed by atoms with Crippen LogP contribution in [0, 0.1) is 20.8 Å². The fourth-order valence-electron chi connectivity index (χ4n) is 2.09. The number of carbonyl (C=O) groups excluding carboxylic acids is 2. The van der Waals surface area contributed by atoms with Crippen molar-refractivity contribution in [3.05, 3.63) is 45.0 Å². The number of nitrogens with zero attached hydrogens (tertiary/aromatic N) is 1. The molecule has 0 radical (unpaired) electrons. The van der Waals surface area contributed by atoms with E-state index in [1.807, 2.05) is 0 Å². The molecule has 0 aliphatic carbocycles. The molecule has 2 aromatic heterocycles. The van der Waals surface area contributed by atoms with Gasteiger partial charge in [-0.2, -0.15) is 0 Å². The number of carbonyl (C=O) groups is 2. The molecule has 0 saturated carbocycles. The summed E-state index contributed by atoms with van der Waals surface area (Å²) in [5.41, 5.74) is 1.02. The Kier molecular flexibility index (Phi) is 5.51. The minimum absolute atomic E-state index is 0.139. The Labute approximate surface area is 149 Å². The van der Waals surface area contributed by atoms with Gasteiger partial charge in [-0.25, -0.2) is 9.78 Å². The van der Waals surface area contributed by atoms with E-state index in [2.05, 4.69) is 10.3 Å². The van der Waals surface area contributed by atoms with Gasteiger partial charge in [-0.1, -0.05) is 23.2 Å². The topological polar surface area (TPSA) is 81.4 Å². The highest BCUT2D eigenvalue weighted by Crippen LogP contribution is 2.24. The Morgan fingerprint density at radius 2 is 1.92 bits per heavy atom. The minimum atomic E-state index is -1.04. The average molecular weight is 371 g/mol. The van der Waals surface area contributed by atoms with Crippen LogP contribution in [0.2, 0.25) is 10.0 Å². The van der Waals surface area contributed by atoms with E-state index < -0.39 is 18.0 Å². The molecule has 1 amide bonds. The van der Waals surface area contributed by atoms with Gasteiger partial charge in [0.2, 0.25) is 0 Å². The molecule has 0 spiro atoms. The summed E-state index contributed by atoms with van der Waals surface area (Å²) in [4.78, 5) is 28.3. The molecule has 0 bridgehead atoms. The van der Waals surface area contributed by atoms with Crippen LogP contribution in [0.25, 0.3) is 0 Å². The Balaban J connectivity index is 2.07. The third-order valence-electron chi connectivity index (χ3n) is 3.47. The molecule has 0 aromatic carbocycles. The molecule has 24 heavy (non-hydrogen) atoms. The lowest BCUT2D eigenvalue weighted by Gasteiger charge is -2.14. The van der Waals surface area contributed by atoms with Crippen LogP contribution in [0.5, 0.6) is 0 Å². The highest BCUT2D eigenvalue weighted by atomic mass is 35.5. The molecular formula is C16H16Cl2N2O4. The van der Waals surface area contributed by atoms with Crippen molar-refractivity contribution >= 4 is 40.9 Å². The van der Waals surface area contributed by atoms with Gasteiger partial charge in [-0.15, -0.1) is 0 Å². The number of ether oxygens (including phenoxy) is 1. The summed E-state index contributed by atoms with van der Waals surface area (Å²) >= 11 is 11.7. The number of anilines is 1. The predicted octanol–water partition coefficient (Wildman–Crippen LogP) is 4.09. The van der Waals surface area contributed by atoms with Gasteiger partial charge in [0.15, 0.2) is 11.9 Å². The molecule has 0 unspecified atom stereocenters. The third kappa shape index (κ3) is 3.88. The third-order valence-corrected chi connectivity index (χ3v) is 3.96. The number of furan rings is 1. The SMILES string of the molecule is Cc1oc(C)c(C(=O)O[C@@H](C)C(=O)Nc2ncc(Cl)cc2Cl)c1C. The number of hydrogen-bond donors (Lipinski definition) is 1. The maximum Gasteiger partial charge on any atom is 0.342 e. The minimum Gasteiger partial charge on any atom is -0.465 e. The second-order valence-electron chi connectivity index (χ2n) is 5.24. The van der Waals surface area contributed by atoms with E-state index in [4.69, 9.17) is 32.4 Å². The van der Waals surface area contributed by atoms with Crippen LogP contribution in [-0.4, -0.2) is 23.0 Å². The molecule has 2 rings (SSSR count). The lowest BCUT2D eigenvalue weighted by atomic mass is 10.1. The molecule has 6 nitrogen and oxygen atoms in total. The number of rotatable bonds is 4. The molecule has 0 fully saturated rings. The summed E-state index contributed by atoms with van der Waals surface area (Å²) in [7, 11) is 0. The first-order chi connectivity index (χ1) is 11.2. The number of amides is 1. The van der Waals surface area contributed by atoms with E-state index in [-0.39, 0.29) is 10.8 Å². The molecule has 1 N–H and O–H groups in total. The molecule has 128 valence electrons. The lowest BCUT2D eigenvalue weighted by molar-refractivity contribution is -0.123. The fraction of sp³-hybridized carbons (Fsp3) is 0.312. The Morgan fingerprint density at radius 1 is 1.25 bits per heavy atom. The molecule has 0 aliphatic rings. The van der Waals surface area contributed by atoms with Crippen molar-refractivity contribution in [1.82, 2.24) is 4.98 Å². The number of aryl methyl sites for hydroxylation is 2. The van der Waals surface area contributed by atoms with E-state index in [0.717, 1.165) is 0 Å². The van der Waals surface area contributed by atoms with Crippen molar-refractivity contribution in [2.24, 2.45) is 0 Å². The van der Waals surface area contributed by atoms with Gasteiger partial charge in [-0.3, -0.25) is 4.79 Å². The molecule has 0 saturated heterocycles. The smallest absolute Gasteiger partial charge is 0.342 e. The van der Waals surface area contributed by atoms with Crippen LogP contribution < -0.4 is 5.32 Å². The standard InChI is InChI=1S/C16H16Cl2N2O4/c1-7-8(2)23-9(3)13(7)16(22)24-10(4)15(21)20-14-12(18)5-11(17)6-19-14/h5-6,10H,1-4H3,(H,19,20,21)/t10-/m0/s1. The maximum atomic E-state index is 12.3.